The van der Waals surface area contributed by atoms with Gasteiger partial charge in [0.2, 0.25) is 10.0 Å². The Labute approximate surface area is 178 Å². The summed E-state index contributed by atoms with van der Waals surface area (Å²) in [6, 6.07) is 9.21. The average molecular weight is 449 g/mol. The van der Waals surface area contributed by atoms with Gasteiger partial charge < -0.3 is 15.0 Å². The summed E-state index contributed by atoms with van der Waals surface area (Å²) < 4.78 is 32.0. The highest BCUT2D eigenvalue weighted by Crippen LogP contribution is 2.23. The second-order valence-corrected chi connectivity index (χ2v) is 9.20. The number of nitrogens with one attached hydrogen (secondary N) is 1. The molecule has 11 heteroatoms. The number of rotatable bonds is 5. The first kappa shape index (κ1) is 21.8. The van der Waals surface area contributed by atoms with Crippen LogP contribution in [0.15, 0.2) is 40.6 Å². The van der Waals surface area contributed by atoms with Crippen molar-refractivity contribution in [2.75, 3.05) is 38.1 Å². The van der Waals surface area contributed by atoms with Gasteiger partial charge in [0.05, 0.1) is 17.1 Å². The van der Waals surface area contributed by atoms with Gasteiger partial charge in [-0.3, -0.25) is 4.79 Å². The molecular weight excluding hydrogens is 428 g/mol. The lowest BCUT2D eigenvalue weighted by atomic mass is 10.2. The molecule has 0 radical (unpaired) electrons. The molecule has 9 nitrogen and oxygen atoms in total. The van der Waals surface area contributed by atoms with Crippen LogP contribution in [-0.4, -0.2) is 62.4 Å². The van der Waals surface area contributed by atoms with Crippen molar-refractivity contribution in [3.05, 3.63) is 46.8 Å². The number of anilines is 1. The fraction of sp³-hybridized carbons (Fsp3) is 0.316. The van der Waals surface area contributed by atoms with Gasteiger partial charge in [0.1, 0.15) is 11.1 Å². The number of piperazine rings is 1. The molecule has 0 saturated carbocycles. The summed E-state index contributed by atoms with van der Waals surface area (Å²) in [5.41, 5.74) is 0.646. The van der Waals surface area contributed by atoms with E-state index >= 15 is 0 Å². The molecular formula is C19H20N4O5S2. The molecule has 1 aliphatic rings. The number of amides is 2. The second kappa shape index (κ2) is 9.25. The first-order chi connectivity index (χ1) is 14.4. The summed E-state index contributed by atoms with van der Waals surface area (Å²) in [4.78, 5) is 25.7. The minimum atomic E-state index is -3.74. The van der Waals surface area contributed by atoms with Gasteiger partial charge in [-0.1, -0.05) is 0 Å². The maximum Gasteiger partial charge on any atom is 0.409 e. The number of sulfonamides is 1. The van der Waals surface area contributed by atoms with Crippen molar-refractivity contribution >= 4 is 38.4 Å². The highest BCUT2D eigenvalue weighted by Gasteiger charge is 2.30. The van der Waals surface area contributed by atoms with E-state index in [1.165, 1.54) is 44.8 Å². The van der Waals surface area contributed by atoms with Crippen molar-refractivity contribution in [2.45, 2.75) is 11.8 Å². The largest absolute Gasteiger partial charge is 0.450 e. The molecule has 30 heavy (non-hydrogen) atoms. The van der Waals surface area contributed by atoms with Crippen molar-refractivity contribution < 1.29 is 22.7 Å². The zero-order valence-corrected chi connectivity index (χ0v) is 17.8. The summed E-state index contributed by atoms with van der Waals surface area (Å²) in [6.07, 6.45) is -0.449. The summed E-state index contributed by atoms with van der Waals surface area (Å²) >= 11 is 1.23. The molecule has 2 aromatic rings. The lowest BCUT2D eigenvalue weighted by Crippen LogP contribution is -2.50. The van der Waals surface area contributed by atoms with Crippen LogP contribution in [0.25, 0.3) is 0 Å². The molecule has 2 amide bonds. The molecule has 0 atom stereocenters. The smallest absolute Gasteiger partial charge is 0.409 e. The lowest BCUT2D eigenvalue weighted by Gasteiger charge is -2.33. The Hall–Kier alpha value is -2.94. The molecule has 1 aliphatic heterocycles. The Morgan fingerprint density at radius 1 is 1.17 bits per heavy atom. The molecule has 3 rings (SSSR count). The molecule has 158 valence electrons. The fourth-order valence-corrected chi connectivity index (χ4v) is 5.08. The highest BCUT2D eigenvalue weighted by atomic mass is 32.2. The van der Waals surface area contributed by atoms with E-state index in [1.807, 2.05) is 6.07 Å². The van der Waals surface area contributed by atoms with Crippen LogP contribution in [0.4, 0.5) is 9.80 Å². The van der Waals surface area contributed by atoms with Gasteiger partial charge in [-0.15, -0.1) is 11.3 Å². The van der Waals surface area contributed by atoms with Gasteiger partial charge in [-0.2, -0.15) is 9.57 Å². The number of hydrogen-bond donors (Lipinski definition) is 1. The van der Waals surface area contributed by atoms with Gasteiger partial charge in [-0.05, 0) is 42.6 Å². The minimum Gasteiger partial charge on any atom is -0.450 e. The van der Waals surface area contributed by atoms with Crippen LogP contribution < -0.4 is 5.32 Å². The third-order valence-corrected chi connectivity index (χ3v) is 7.27. The van der Waals surface area contributed by atoms with Crippen LogP contribution >= 0.6 is 11.3 Å². The number of benzene rings is 1. The van der Waals surface area contributed by atoms with E-state index in [-0.39, 0.29) is 43.2 Å². The number of thiophene rings is 1. The van der Waals surface area contributed by atoms with Crippen molar-refractivity contribution in [3.63, 3.8) is 0 Å². The minimum absolute atomic E-state index is 0.0671. The second-order valence-electron chi connectivity index (χ2n) is 6.34. The van der Waals surface area contributed by atoms with E-state index in [9.17, 15) is 18.0 Å². The van der Waals surface area contributed by atoms with Crippen LogP contribution in [0, 0.1) is 11.3 Å². The Balaban J connectivity index is 1.66. The zero-order valence-electron chi connectivity index (χ0n) is 16.2. The molecule has 0 unspecified atom stereocenters. The number of carbonyl (C=O) groups is 2. The predicted molar refractivity (Wildman–Crippen MR) is 111 cm³/mol. The van der Waals surface area contributed by atoms with Crippen LogP contribution in [-0.2, 0) is 14.8 Å². The summed E-state index contributed by atoms with van der Waals surface area (Å²) in [5.74, 6) is -0.430. The van der Waals surface area contributed by atoms with Gasteiger partial charge in [0.15, 0.2) is 0 Å². The normalized spacial score (nSPS) is 14.7. The van der Waals surface area contributed by atoms with Gasteiger partial charge in [0.25, 0.3) is 5.91 Å². The van der Waals surface area contributed by atoms with Crippen LogP contribution in [0.2, 0.25) is 0 Å². The van der Waals surface area contributed by atoms with Gasteiger partial charge in [0, 0.05) is 31.7 Å². The Morgan fingerprint density at radius 2 is 1.83 bits per heavy atom. The zero-order chi connectivity index (χ0) is 21.7. The van der Waals surface area contributed by atoms with E-state index in [0.29, 0.717) is 10.6 Å². The Morgan fingerprint density at radius 3 is 2.43 bits per heavy atom. The number of nitrogens with zero attached hydrogens (tertiary/aromatic N) is 3. The molecule has 0 bridgehead atoms. The summed E-state index contributed by atoms with van der Waals surface area (Å²) in [6.45, 7) is 2.81. The number of carbonyl (C=O) groups excluding carboxylic acids is 2. The molecule has 1 N–H and O–H groups in total. The third-order valence-electron chi connectivity index (χ3n) is 4.53. The molecule has 1 aromatic carbocycles. The first-order valence-electron chi connectivity index (χ1n) is 9.17. The lowest BCUT2D eigenvalue weighted by molar-refractivity contribution is 0.0933. The molecule has 1 aromatic heterocycles. The van der Waals surface area contributed by atoms with Crippen molar-refractivity contribution in [1.29, 1.82) is 5.26 Å². The Kier molecular flexibility index (Phi) is 6.71. The van der Waals surface area contributed by atoms with E-state index in [2.05, 4.69) is 5.32 Å². The van der Waals surface area contributed by atoms with Crippen LogP contribution in [0.5, 0.6) is 0 Å². The van der Waals surface area contributed by atoms with E-state index in [4.69, 9.17) is 10.00 Å². The van der Waals surface area contributed by atoms with Crippen LogP contribution in [0.3, 0.4) is 0 Å². The monoisotopic (exact) mass is 448 g/mol. The average Bonchev–Trinajstić information content (AvgIpc) is 3.21. The van der Waals surface area contributed by atoms with E-state index in [0.717, 1.165) is 0 Å². The quantitative estimate of drug-likeness (QED) is 0.750. The number of hydrogen-bond acceptors (Lipinski definition) is 7. The SMILES string of the molecule is CCOC(=O)N1CCN(S(=O)(=O)c2ccc(C(=O)Nc3sccc3C#N)cc2)CC1. The van der Waals surface area contributed by atoms with E-state index in [1.54, 1.807) is 18.4 Å². The van der Waals surface area contributed by atoms with Gasteiger partial charge >= 0.3 is 6.09 Å². The van der Waals surface area contributed by atoms with Crippen LogP contribution in [0.1, 0.15) is 22.8 Å². The molecule has 1 fully saturated rings. The van der Waals surface area contributed by atoms with Crippen molar-refractivity contribution in [3.8, 4) is 6.07 Å². The Bertz CT molecular complexity index is 1070. The molecule has 0 spiro atoms. The third kappa shape index (κ3) is 4.62. The summed E-state index contributed by atoms with van der Waals surface area (Å²) in [7, 11) is -3.74. The summed E-state index contributed by atoms with van der Waals surface area (Å²) in [5, 5.41) is 13.8. The molecule has 2 heterocycles. The number of nitriles is 1. The maximum absolute atomic E-state index is 12.9. The standard InChI is InChI=1S/C19H20N4O5S2/c1-2-28-19(25)22-8-10-23(11-9-22)30(26,27)16-5-3-14(4-6-16)17(24)21-18-15(13-20)7-12-29-18/h3-7,12H,2,8-11H2,1H3,(H,21,24). The topological polar surface area (TPSA) is 120 Å². The van der Waals surface area contributed by atoms with Gasteiger partial charge in [-0.25, -0.2) is 13.2 Å². The highest BCUT2D eigenvalue weighted by molar-refractivity contribution is 7.89. The van der Waals surface area contributed by atoms with Crippen molar-refractivity contribution in [1.82, 2.24) is 9.21 Å². The fourth-order valence-electron chi connectivity index (χ4n) is 2.92. The number of ether oxygens (including phenoxy) is 1. The first-order valence-corrected chi connectivity index (χ1v) is 11.5. The van der Waals surface area contributed by atoms with E-state index < -0.39 is 22.0 Å². The molecule has 0 aliphatic carbocycles. The predicted octanol–water partition coefficient (Wildman–Crippen LogP) is 2.33. The van der Waals surface area contributed by atoms with Crippen molar-refractivity contribution in [2.24, 2.45) is 0 Å². The maximum atomic E-state index is 12.9. The molecule has 1 saturated heterocycles.